The SMILES string of the molecule is Cc1ccc2cc(CCCC(=O)O)cnc2c1. The number of aliphatic carboxylic acids is 1. The third-order valence-electron chi connectivity index (χ3n) is 2.75. The zero-order valence-corrected chi connectivity index (χ0v) is 9.81. The van der Waals surface area contributed by atoms with E-state index in [2.05, 4.69) is 29.2 Å². The third-order valence-corrected chi connectivity index (χ3v) is 2.75. The van der Waals surface area contributed by atoms with Gasteiger partial charge in [-0.3, -0.25) is 9.78 Å². The van der Waals surface area contributed by atoms with Crippen molar-refractivity contribution in [2.24, 2.45) is 0 Å². The molecular weight excluding hydrogens is 214 g/mol. The van der Waals surface area contributed by atoms with Crippen LogP contribution in [0.4, 0.5) is 0 Å². The number of carbonyl (C=O) groups is 1. The van der Waals surface area contributed by atoms with Crippen molar-refractivity contribution in [2.45, 2.75) is 26.2 Å². The Morgan fingerprint density at radius 3 is 2.94 bits per heavy atom. The monoisotopic (exact) mass is 229 g/mol. The molecule has 0 bridgehead atoms. The van der Waals surface area contributed by atoms with Gasteiger partial charge in [0.25, 0.3) is 0 Å². The molecule has 3 nitrogen and oxygen atoms in total. The lowest BCUT2D eigenvalue weighted by molar-refractivity contribution is -0.137. The predicted octanol–water partition coefficient (Wildman–Crippen LogP) is 2.95. The van der Waals surface area contributed by atoms with Crippen LogP contribution in [0.5, 0.6) is 0 Å². The maximum Gasteiger partial charge on any atom is 0.303 e. The average Bonchev–Trinajstić information content (AvgIpc) is 2.29. The van der Waals surface area contributed by atoms with Gasteiger partial charge in [0.05, 0.1) is 5.52 Å². The van der Waals surface area contributed by atoms with Crippen molar-refractivity contribution in [1.82, 2.24) is 4.98 Å². The van der Waals surface area contributed by atoms with Gasteiger partial charge in [0.2, 0.25) is 0 Å². The van der Waals surface area contributed by atoms with E-state index < -0.39 is 5.97 Å². The van der Waals surface area contributed by atoms with Crippen LogP contribution in [-0.2, 0) is 11.2 Å². The van der Waals surface area contributed by atoms with Crippen molar-refractivity contribution in [3.05, 3.63) is 41.6 Å². The van der Waals surface area contributed by atoms with Gasteiger partial charge >= 0.3 is 5.97 Å². The van der Waals surface area contributed by atoms with Gasteiger partial charge in [-0.15, -0.1) is 0 Å². The minimum absolute atomic E-state index is 0.214. The van der Waals surface area contributed by atoms with Crippen LogP contribution in [0, 0.1) is 6.92 Å². The van der Waals surface area contributed by atoms with Crippen molar-refractivity contribution < 1.29 is 9.90 Å². The summed E-state index contributed by atoms with van der Waals surface area (Å²) in [5.41, 5.74) is 3.29. The van der Waals surface area contributed by atoms with Crippen molar-refractivity contribution in [2.75, 3.05) is 0 Å². The van der Waals surface area contributed by atoms with Crippen LogP contribution in [-0.4, -0.2) is 16.1 Å². The molecule has 3 heteroatoms. The number of aromatic nitrogens is 1. The minimum Gasteiger partial charge on any atom is -0.481 e. The van der Waals surface area contributed by atoms with Gasteiger partial charge in [-0.1, -0.05) is 12.1 Å². The molecule has 0 aliphatic carbocycles. The van der Waals surface area contributed by atoms with Crippen molar-refractivity contribution >= 4 is 16.9 Å². The Balaban J connectivity index is 2.14. The number of aryl methyl sites for hydroxylation is 2. The first-order valence-electron chi connectivity index (χ1n) is 5.72. The fourth-order valence-electron chi connectivity index (χ4n) is 1.86. The second kappa shape index (κ2) is 4.95. The van der Waals surface area contributed by atoms with E-state index in [1.807, 2.05) is 13.1 Å². The smallest absolute Gasteiger partial charge is 0.303 e. The summed E-state index contributed by atoms with van der Waals surface area (Å²) in [5.74, 6) is -0.741. The van der Waals surface area contributed by atoms with E-state index in [4.69, 9.17) is 5.11 Å². The maximum absolute atomic E-state index is 10.4. The highest BCUT2D eigenvalue weighted by atomic mass is 16.4. The number of rotatable bonds is 4. The number of carboxylic acid groups (broad SMARTS) is 1. The summed E-state index contributed by atoms with van der Waals surface area (Å²) in [6.07, 6.45) is 3.48. The van der Waals surface area contributed by atoms with Gasteiger partial charge in [0.15, 0.2) is 0 Å². The lowest BCUT2D eigenvalue weighted by Crippen LogP contribution is -1.96. The van der Waals surface area contributed by atoms with E-state index in [1.54, 1.807) is 0 Å². The maximum atomic E-state index is 10.4. The molecule has 0 amide bonds. The highest BCUT2D eigenvalue weighted by Gasteiger charge is 2.01. The standard InChI is InChI=1S/C14H15NO2/c1-10-5-6-12-8-11(3-2-4-14(16)17)9-15-13(12)7-10/h5-9H,2-4H2,1H3,(H,16,17). The molecule has 2 aromatic rings. The molecule has 2 rings (SSSR count). The number of fused-ring (bicyclic) bond motifs is 1. The normalized spacial score (nSPS) is 10.6. The molecular formula is C14H15NO2. The first-order valence-corrected chi connectivity index (χ1v) is 5.72. The molecule has 0 radical (unpaired) electrons. The Labute approximate surface area is 100 Å². The van der Waals surface area contributed by atoms with Crippen molar-refractivity contribution in [3.8, 4) is 0 Å². The Morgan fingerprint density at radius 2 is 2.18 bits per heavy atom. The molecule has 1 aromatic carbocycles. The lowest BCUT2D eigenvalue weighted by Gasteiger charge is -2.03. The molecule has 1 N–H and O–H groups in total. The van der Waals surface area contributed by atoms with Gasteiger partial charge < -0.3 is 5.11 Å². The summed E-state index contributed by atoms with van der Waals surface area (Å²) in [7, 11) is 0. The van der Waals surface area contributed by atoms with Crippen LogP contribution in [0.25, 0.3) is 10.9 Å². The van der Waals surface area contributed by atoms with E-state index >= 15 is 0 Å². The molecule has 1 aromatic heterocycles. The lowest BCUT2D eigenvalue weighted by atomic mass is 10.1. The fraction of sp³-hybridized carbons (Fsp3) is 0.286. The van der Waals surface area contributed by atoms with Crippen LogP contribution in [0.2, 0.25) is 0 Å². The van der Waals surface area contributed by atoms with E-state index in [-0.39, 0.29) is 6.42 Å². The zero-order chi connectivity index (χ0) is 12.3. The Bertz CT molecular complexity index is 549. The predicted molar refractivity (Wildman–Crippen MR) is 67.1 cm³/mol. The molecule has 0 aliphatic heterocycles. The molecule has 0 spiro atoms. The topological polar surface area (TPSA) is 50.2 Å². The minimum atomic E-state index is -0.741. The van der Waals surface area contributed by atoms with Crippen LogP contribution in [0.15, 0.2) is 30.5 Å². The summed E-state index contributed by atoms with van der Waals surface area (Å²) >= 11 is 0. The molecule has 0 unspecified atom stereocenters. The Hall–Kier alpha value is -1.90. The molecule has 0 saturated carbocycles. The highest BCUT2D eigenvalue weighted by molar-refractivity contribution is 5.79. The van der Waals surface area contributed by atoms with Gasteiger partial charge in [-0.2, -0.15) is 0 Å². The van der Waals surface area contributed by atoms with E-state index in [0.29, 0.717) is 6.42 Å². The zero-order valence-electron chi connectivity index (χ0n) is 9.81. The average molecular weight is 229 g/mol. The number of benzene rings is 1. The molecule has 0 saturated heterocycles. The van der Waals surface area contributed by atoms with Crippen molar-refractivity contribution in [1.29, 1.82) is 0 Å². The summed E-state index contributed by atoms with van der Waals surface area (Å²) in [5, 5.41) is 9.69. The fourth-order valence-corrected chi connectivity index (χ4v) is 1.86. The largest absolute Gasteiger partial charge is 0.481 e. The molecule has 17 heavy (non-hydrogen) atoms. The van der Waals surface area contributed by atoms with Gasteiger partial charge in [-0.25, -0.2) is 0 Å². The first kappa shape index (κ1) is 11.6. The summed E-state index contributed by atoms with van der Waals surface area (Å²) in [6, 6.07) is 8.25. The van der Waals surface area contributed by atoms with E-state index in [1.165, 1.54) is 5.56 Å². The van der Waals surface area contributed by atoms with Crippen LogP contribution in [0.1, 0.15) is 24.0 Å². The molecule has 0 atom stereocenters. The summed E-state index contributed by atoms with van der Waals surface area (Å²) in [6.45, 7) is 2.04. The number of hydrogen-bond acceptors (Lipinski definition) is 2. The van der Waals surface area contributed by atoms with E-state index in [0.717, 1.165) is 22.9 Å². The Morgan fingerprint density at radius 1 is 1.35 bits per heavy atom. The molecule has 88 valence electrons. The van der Waals surface area contributed by atoms with Gasteiger partial charge in [0.1, 0.15) is 0 Å². The molecule has 1 heterocycles. The van der Waals surface area contributed by atoms with Gasteiger partial charge in [0, 0.05) is 18.0 Å². The number of carboxylic acids is 1. The second-order valence-electron chi connectivity index (χ2n) is 4.29. The number of hydrogen-bond donors (Lipinski definition) is 1. The van der Waals surface area contributed by atoms with Crippen LogP contribution >= 0.6 is 0 Å². The summed E-state index contributed by atoms with van der Waals surface area (Å²) in [4.78, 5) is 14.8. The molecule has 0 fully saturated rings. The number of pyridine rings is 1. The van der Waals surface area contributed by atoms with Crippen molar-refractivity contribution in [3.63, 3.8) is 0 Å². The highest BCUT2D eigenvalue weighted by Crippen LogP contribution is 2.16. The molecule has 0 aliphatic rings. The number of nitrogens with zero attached hydrogens (tertiary/aromatic N) is 1. The first-order chi connectivity index (χ1) is 8.15. The quantitative estimate of drug-likeness (QED) is 0.876. The summed E-state index contributed by atoms with van der Waals surface area (Å²) < 4.78 is 0. The van der Waals surface area contributed by atoms with Crippen LogP contribution < -0.4 is 0 Å². The van der Waals surface area contributed by atoms with Crippen LogP contribution in [0.3, 0.4) is 0 Å². The van der Waals surface area contributed by atoms with Gasteiger partial charge in [-0.05, 0) is 43.0 Å². The second-order valence-corrected chi connectivity index (χ2v) is 4.29. The Kier molecular flexibility index (Phi) is 3.38. The third kappa shape index (κ3) is 3.03. The van der Waals surface area contributed by atoms with E-state index in [9.17, 15) is 4.79 Å².